The van der Waals surface area contributed by atoms with Gasteiger partial charge in [0.05, 0.1) is 16.3 Å². The highest BCUT2D eigenvalue weighted by molar-refractivity contribution is 7.13. The van der Waals surface area contributed by atoms with Gasteiger partial charge >= 0.3 is 0 Å². The third-order valence-corrected chi connectivity index (χ3v) is 3.44. The van der Waals surface area contributed by atoms with E-state index >= 15 is 0 Å². The summed E-state index contributed by atoms with van der Waals surface area (Å²) in [6.45, 7) is 4.13. The van der Waals surface area contributed by atoms with Crippen LogP contribution < -0.4 is 10.2 Å². The first kappa shape index (κ1) is 9.06. The van der Waals surface area contributed by atoms with Crippen molar-refractivity contribution in [2.24, 2.45) is 0 Å². The van der Waals surface area contributed by atoms with E-state index in [0.29, 0.717) is 0 Å². The highest BCUT2D eigenvalue weighted by Crippen LogP contribution is 2.26. The smallest absolute Gasteiger partial charge is 0.138 e. The molecule has 0 saturated carbocycles. The molecule has 0 aromatic carbocycles. The second-order valence-corrected chi connectivity index (χ2v) is 4.44. The van der Waals surface area contributed by atoms with Crippen LogP contribution in [-0.2, 0) is 0 Å². The molecular weight excluding hydrogens is 208 g/mol. The lowest BCUT2D eigenvalue weighted by molar-refractivity contribution is 0.586. The van der Waals surface area contributed by atoms with Crippen molar-refractivity contribution in [1.29, 1.82) is 0 Å². The van der Waals surface area contributed by atoms with Gasteiger partial charge in [-0.1, -0.05) is 0 Å². The maximum Gasteiger partial charge on any atom is 0.138 e. The molecule has 0 radical (unpaired) electrons. The van der Waals surface area contributed by atoms with Crippen LogP contribution >= 0.6 is 11.5 Å². The van der Waals surface area contributed by atoms with Crippen molar-refractivity contribution in [3.05, 3.63) is 18.5 Å². The molecule has 5 heteroatoms. The van der Waals surface area contributed by atoms with Gasteiger partial charge in [-0.15, -0.1) is 0 Å². The number of hydrogen-bond acceptors (Lipinski definition) is 5. The number of piperazine rings is 1. The van der Waals surface area contributed by atoms with Gasteiger partial charge < -0.3 is 10.2 Å². The zero-order valence-corrected chi connectivity index (χ0v) is 9.13. The topological polar surface area (TPSA) is 41.1 Å². The lowest BCUT2D eigenvalue weighted by Crippen LogP contribution is -2.43. The number of nitrogens with one attached hydrogen (secondary N) is 1. The van der Waals surface area contributed by atoms with Crippen molar-refractivity contribution in [2.75, 3.05) is 31.1 Å². The average Bonchev–Trinajstić information content (AvgIpc) is 2.78. The average molecular weight is 220 g/mol. The number of pyridine rings is 1. The van der Waals surface area contributed by atoms with Crippen molar-refractivity contribution in [2.45, 2.75) is 0 Å². The zero-order valence-electron chi connectivity index (χ0n) is 8.31. The summed E-state index contributed by atoms with van der Waals surface area (Å²) in [5.74, 6) is 1.09. The van der Waals surface area contributed by atoms with Crippen LogP contribution in [0.3, 0.4) is 0 Å². The molecule has 0 bridgehead atoms. The Bertz CT molecular complexity index is 461. The van der Waals surface area contributed by atoms with Gasteiger partial charge in [-0.25, -0.2) is 4.98 Å². The van der Waals surface area contributed by atoms with Crippen molar-refractivity contribution < 1.29 is 0 Å². The number of fused-ring (bicyclic) bond motifs is 1. The molecule has 78 valence electrons. The minimum Gasteiger partial charge on any atom is -0.353 e. The van der Waals surface area contributed by atoms with Gasteiger partial charge in [0.1, 0.15) is 5.82 Å². The Labute approximate surface area is 92.1 Å². The van der Waals surface area contributed by atoms with Gasteiger partial charge in [-0.05, 0) is 17.6 Å². The molecule has 1 saturated heterocycles. The first-order chi connectivity index (χ1) is 7.45. The van der Waals surface area contributed by atoms with E-state index in [0.717, 1.165) is 32.0 Å². The van der Waals surface area contributed by atoms with E-state index < -0.39 is 0 Å². The quantitative estimate of drug-likeness (QED) is 0.781. The number of hydrogen-bond donors (Lipinski definition) is 1. The standard InChI is InChI=1S/C10H12N4S/c1-2-12-10(8-7-13-15-9(1)8)14-5-3-11-4-6-14/h1-2,7,11H,3-6H2. The van der Waals surface area contributed by atoms with Gasteiger partial charge in [0.25, 0.3) is 0 Å². The van der Waals surface area contributed by atoms with Crippen LogP contribution in [0.4, 0.5) is 5.82 Å². The summed E-state index contributed by atoms with van der Waals surface area (Å²) in [6, 6.07) is 2.03. The zero-order chi connectivity index (χ0) is 10.1. The van der Waals surface area contributed by atoms with Crippen LogP contribution in [0.2, 0.25) is 0 Å². The van der Waals surface area contributed by atoms with Crippen LogP contribution in [0.15, 0.2) is 18.5 Å². The Hall–Kier alpha value is -1.20. The summed E-state index contributed by atoms with van der Waals surface area (Å²) in [7, 11) is 0. The second kappa shape index (κ2) is 3.75. The minimum absolute atomic E-state index is 1.03. The Morgan fingerprint density at radius 2 is 2.20 bits per heavy atom. The van der Waals surface area contributed by atoms with Gasteiger partial charge in [-0.3, -0.25) is 0 Å². The monoisotopic (exact) mass is 220 g/mol. The van der Waals surface area contributed by atoms with Crippen LogP contribution in [-0.4, -0.2) is 35.5 Å². The second-order valence-electron chi connectivity index (χ2n) is 3.61. The number of aromatic nitrogens is 2. The number of nitrogens with zero attached hydrogens (tertiary/aromatic N) is 3. The first-order valence-electron chi connectivity index (χ1n) is 5.10. The molecule has 1 fully saturated rings. The van der Waals surface area contributed by atoms with E-state index in [1.165, 1.54) is 21.6 Å². The molecule has 1 N–H and O–H groups in total. The summed E-state index contributed by atoms with van der Waals surface area (Å²) in [6.07, 6.45) is 3.79. The molecule has 0 spiro atoms. The van der Waals surface area contributed by atoms with E-state index in [2.05, 4.69) is 19.6 Å². The molecule has 0 aliphatic carbocycles. The molecule has 0 atom stereocenters. The summed E-state index contributed by atoms with van der Waals surface area (Å²) in [5.41, 5.74) is 0. The normalized spacial score (nSPS) is 17.2. The maximum atomic E-state index is 4.47. The van der Waals surface area contributed by atoms with Crippen molar-refractivity contribution in [3.8, 4) is 0 Å². The fourth-order valence-electron chi connectivity index (χ4n) is 1.91. The molecule has 1 aliphatic heterocycles. The van der Waals surface area contributed by atoms with Gasteiger partial charge in [0, 0.05) is 32.4 Å². The molecule has 0 unspecified atom stereocenters. The van der Waals surface area contributed by atoms with E-state index in [4.69, 9.17) is 0 Å². The highest BCUT2D eigenvalue weighted by atomic mass is 32.1. The Morgan fingerprint density at radius 3 is 3.07 bits per heavy atom. The lowest BCUT2D eigenvalue weighted by atomic mass is 10.3. The molecular formula is C10H12N4S. The van der Waals surface area contributed by atoms with E-state index in [9.17, 15) is 0 Å². The Kier molecular flexibility index (Phi) is 2.26. The number of anilines is 1. The first-order valence-corrected chi connectivity index (χ1v) is 5.87. The van der Waals surface area contributed by atoms with E-state index in [-0.39, 0.29) is 0 Å². The van der Waals surface area contributed by atoms with Crippen LogP contribution in [0.5, 0.6) is 0 Å². The van der Waals surface area contributed by atoms with Crippen molar-refractivity contribution in [3.63, 3.8) is 0 Å². The fraction of sp³-hybridized carbons (Fsp3) is 0.400. The van der Waals surface area contributed by atoms with Gasteiger partial charge in [0.15, 0.2) is 0 Å². The van der Waals surface area contributed by atoms with Gasteiger partial charge in [0.2, 0.25) is 0 Å². The predicted octanol–water partition coefficient (Wildman–Crippen LogP) is 1.10. The lowest BCUT2D eigenvalue weighted by Gasteiger charge is -2.28. The highest BCUT2D eigenvalue weighted by Gasteiger charge is 2.14. The molecule has 0 amide bonds. The molecule has 2 aromatic heterocycles. The summed E-state index contributed by atoms with van der Waals surface area (Å²) in [4.78, 5) is 6.79. The van der Waals surface area contributed by atoms with E-state index in [1.807, 2.05) is 18.5 Å². The largest absolute Gasteiger partial charge is 0.353 e. The van der Waals surface area contributed by atoms with Crippen LogP contribution in [0.25, 0.3) is 10.1 Å². The van der Waals surface area contributed by atoms with Crippen molar-refractivity contribution >= 4 is 27.4 Å². The Balaban J connectivity index is 2.05. The van der Waals surface area contributed by atoms with Gasteiger partial charge in [-0.2, -0.15) is 4.37 Å². The third kappa shape index (κ3) is 1.57. The molecule has 1 aliphatic rings. The van der Waals surface area contributed by atoms with Crippen LogP contribution in [0.1, 0.15) is 0 Å². The van der Waals surface area contributed by atoms with Crippen molar-refractivity contribution in [1.82, 2.24) is 14.7 Å². The molecule has 2 aromatic rings. The Morgan fingerprint density at radius 1 is 1.33 bits per heavy atom. The summed E-state index contributed by atoms with van der Waals surface area (Å²) >= 11 is 1.53. The van der Waals surface area contributed by atoms with E-state index in [1.54, 1.807) is 0 Å². The summed E-state index contributed by atoms with van der Waals surface area (Å²) < 4.78 is 5.44. The number of rotatable bonds is 1. The predicted molar refractivity (Wildman–Crippen MR) is 62.5 cm³/mol. The maximum absolute atomic E-state index is 4.47. The molecule has 15 heavy (non-hydrogen) atoms. The fourth-order valence-corrected chi connectivity index (χ4v) is 2.55. The molecule has 3 heterocycles. The van der Waals surface area contributed by atoms with Crippen LogP contribution in [0, 0.1) is 0 Å². The minimum atomic E-state index is 1.03. The summed E-state index contributed by atoms with van der Waals surface area (Å²) in [5, 5.41) is 4.53. The third-order valence-electron chi connectivity index (χ3n) is 2.68. The SMILES string of the molecule is c1cc2sncc2c(N2CCNCC2)n1. The molecule has 4 nitrogen and oxygen atoms in total. The molecule has 3 rings (SSSR count).